The molecule has 0 aliphatic heterocycles. The normalized spacial score (nSPS) is 11.0. The van der Waals surface area contributed by atoms with E-state index in [1.807, 2.05) is 24.3 Å². The molecule has 0 aromatic heterocycles. The molecular weight excluding hydrogens is 384 g/mol. The third-order valence-corrected chi connectivity index (χ3v) is 5.65. The number of aryl methyl sites for hydroxylation is 4. The molecule has 132 valence electrons. The zero-order valence-electron chi connectivity index (χ0n) is 15.6. The zero-order chi connectivity index (χ0) is 18.8. The van der Waals surface area contributed by atoms with E-state index in [0.717, 1.165) is 21.2 Å². The van der Waals surface area contributed by atoms with Gasteiger partial charge in [-0.25, -0.2) is 0 Å². The molecule has 0 aliphatic rings. The quantitative estimate of drug-likeness (QED) is 0.440. The molecule has 0 N–H and O–H groups in total. The fourth-order valence-corrected chi connectivity index (χ4v) is 3.43. The van der Waals surface area contributed by atoms with Gasteiger partial charge in [0.1, 0.15) is 0 Å². The Hall–Kier alpha value is -2.19. The maximum Gasteiger partial charge on any atom is 0.174 e. The Morgan fingerprint density at radius 1 is 0.692 bits per heavy atom. The molecule has 1 nitrogen and oxygen atoms in total. The summed E-state index contributed by atoms with van der Waals surface area (Å²) < 4.78 is 0.975. The first-order chi connectivity index (χ1) is 12.4. The second-order valence-electron chi connectivity index (χ2n) is 6.99. The van der Waals surface area contributed by atoms with E-state index < -0.39 is 0 Å². The largest absolute Gasteiger partial charge is 0.293 e. The Bertz CT molecular complexity index is 903. The summed E-state index contributed by atoms with van der Waals surface area (Å²) in [6.45, 7) is 8.39. The van der Waals surface area contributed by atoms with Gasteiger partial charge in [0.25, 0.3) is 0 Å². The zero-order valence-corrected chi connectivity index (χ0v) is 17.2. The number of carbonyl (C=O) groups is 1. The molecule has 0 aliphatic carbocycles. The second kappa shape index (κ2) is 7.59. The van der Waals surface area contributed by atoms with Crippen LogP contribution in [0.25, 0.3) is 0 Å². The standard InChI is InChI=1S/C24H23BrO/c1-15-5-7-20(13-17(15)3)23(21-8-6-16(2)18(4)14-21)24(26)19-9-11-22(25)12-10-19/h5-14,23H,1-4H3. The Labute approximate surface area is 164 Å². The van der Waals surface area contributed by atoms with Crippen LogP contribution in [-0.2, 0) is 0 Å². The molecule has 0 saturated carbocycles. The van der Waals surface area contributed by atoms with Crippen LogP contribution in [0, 0.1) is 27.7 Å². The highest BCUT2D eigenvalue weighted by Gasteiger charge is 2.24. The molecule has 3 aromatic carbocycles. The van der Waals surface area contributed by atoms with Gasteiger partial charge in [-0.15, -0.1) is 0 Å². The van der Waals surface area contributed by atoms with Crippen molar-refractivity contribution in [3.8, 4) is 0 Å². The van der Waals surface area contributed by atoms with Crippen molar-refractivity contribution in [2.75, 3.05) is 0 Å². The average Bonchev–Trinajstić information content (AvgIpc) is 2.62. The van der Waals surface area contributed by atoms with Gasteiger partial charge in [0, 0.05) is 10.0 Å². The molecule has 0 radical (unpaired) electrons. The number of ketones is 1. The van der Waals surface area contributed by atoms with Crippen molar-refractivity contribution >= 4 is 21.7 Å². The molecule has 0 heterocycles. The van der Waals surface area contributed by atoms with Crippen LogP contribution < -0.4 is 0 Å². The predicted octanol–water partition coefficient (Wildman–Crippen LogP) is 6.70. The van der Waals surface area contributed by atoms with Gasteiger partial charge < -0.3 is 0 Å². The first-order valence-corrected chi connectivity index (χ1v) is 9.60. The molecular formula is C24H23BrO. The molecule has 2 heteroatoms. The van der Waals surface area contributed by atoms with Crippen LogP contribution in [0.1, 0.15) is 49.7 Å². The summed E-state index contributed by atoms with van der Waals surface area (Å²) in [6.07, 6.45) is 0. The van der Waals surface area contributed by atoms with E-state index in [4.69, 9.17) is 0 Å². The minimum atomic E-state index is -0.297. The summed E-state index contributed by atoms with van der Waals surface area (Å²) in [7, 11) is 0. The minimum absolute atomic E-state index is 0.129. The first kappa shape index (κ1) is 18.6. The predicted molar refractivity (Wildman–Crippen MR) is 112 cm³/mol. The summed E-state index contributed by atoms with van der Waals surface area (Å²) >= 11 is 3.45. The molecule has 0 atom stereocenters. The first-order valence-electron chi connectivity index (χ1n) is 8.81. The molecule has 0 saturated heterocycles. The number of Topliss-reactive ketones (excluding diaryl/α,β-unsaturated/α-hetero) is 1. The van der Waals surface area contributed by atoms with Crippen LogP contribution >= 0.6 is 15.9 Å². The fourth-order valence-electron chi connectivity index (χ4n) is 3.16. The summed E-state index contributed by atoms with van der Waals surface area (Å²) in [6, 6.07) is 20.3. The van der Waals surface area contributed by atoms with E-state index in [2.05, 4.69) is 80.0 Å². The third-order valence-electron chi connectivity index (χ3n) is 5.12. The molecule has 0 bridgehead atoms. The van der Waals surface area contributed by atoms with E-state index in [1.54, 1.807) is 0 Å². The minimum Gasteiger partial charge on any atom is -0.293 e. The molecule has 26 heavy (non-hydrogen) atoms. The Balaban J connectivity index is 2.14. The van der Waals surface area contributed by atoms with E-state index >= 15 is 0 Å². The number of hydrogen-bond donors (Lipinski definition) is 0. The maximum absolute atomic E-state index is 13.4. The molecule has 0 spiro atoms. The second-order valence-corrected chi connectivity index (χ2v) is 7.91. The van der Waals surface area contributed by atoms with Gasteiger partial charge in [0.15, 0.2) is 5.78 Å². The van der Waals surface area contributed by atoms with Crippen LogP contribution in [0.2, 0.25) is 0 Å². The Morgan fingerprint density at radius 3 is 1.58 bits per heavy atom. The summed E-state index contributed by atoms with van der Waals surface area (Å²) in [5, 5.41) is 0. The Kier molecular flexibility index (Phi) is 5.43. The molecule has 0 fully saturated rings. The van der Waals surface area contributed by atoms with Crippen molar-refractivity contribution < 1.29 is 4.79 Å². The van der Waals surface area contributed by atoms with Crippen LogP contribution in [0.3, 0.4) is 0 Å². The SMILES string of the molecule is Cc1ccc(C(C(=O)c2ccc(Br)cc2)c2ccc(C)c(C)c2)cc1C. The van der Waals surface area contributed by atoms with Gasteiger partial charge in [-0.05, 0) is 73.2 Å². The van der Waals surface area contributed by atoms with Gasteiger partial charge in [-0.3, -0.25) is 4.79 Å². The van der Waals surface area contributed by atoms with E-state index in [-0.39, 0.29) is 11.7 Å². The maximum atomic E-state index is 13.4. The molecule has 0 amide bonds. The highest BCUT2D eigenvalue weighted by Crippen LogP contribution is 2.31. The van der Waals surface area contributed by atoms with Gasteiger partial charge in [-0.2, -0.15) is 0 Å². The fraction of sp³-hybridized carbons (Fsp3) is 0.208. The number of hydrogen-bond acceptors (Lipinski definition) is 1. The van der Waals surface area contributed by atoms with Gasteiger partial charge in [0.05, 0.1) is 5.92 Å². The number of benzene rings is 3. The van der Waals surface area contributed by atoms with Crippen molar-refractivity contribution in [3.05, 3.63) is 104 Å². The molecule has 0 unspecified atom stereocenters. The molecule has 3 rings (SSSR count). The van der Waals surface area contributed by atoms with Crippen molar-refractivity contribution in [3.63, 3.8) is 0 Å². The lowest BCUT2D eigenvalue weighted by Gasteiger charge is -2.19. The van der Waals surface area contributed by atoms with Crippen LogP contribution in [0.4, 0.5) is 0 Å². The molecule has 3 aromatic rings. The monoisotopic (exact) mass is 406 g/mol. The lowest BCUT2D eigenvalue weighted by atomic mass is 9.83. The lowest BCUT2D eigenvalue weighted by Crippen LogP contribution is -2.15. The van der Waals surface area contributed by atoms with E-state index in [9.17, 15) is 4.79 Å². The number of halogens is 1. The summed E-state index contributed by atoms with van der Waals surface area (Å²) in [4.78, 5) is 13.4. The van der Waals surface area contributed by atoms with Crippen molar-refractivity contribution in [1.82, 2.24) is 0 Å². The highest BCUT2D eigenvalue weighted by atomic mass is 79.9. The van der Waals surface area contributed by atoms with E-state index in [1.165, 1.54) is 22.3 Å². The summed E-state index contributed by atoms with van der Waals surface area (Å²) in [5.41, 5.74) is 7.72. The van der Waals surface area contributed by atoms with Gasteiger partial charge >= 0.3 is 0 Å². The van der Waals surface area contributed by atoms with Gasteiger partial charge in [0.2, 0.25) is 0 Å². The van der Waals surface area contributed by atoms with Crippen molar-refractivity contribution in [1.29, 1.82) is 0 Å². The van der Waals surface area contributed by atoms with Crippen molar-refractivity contribution in [2.24, 2.45) is 0 Å². The Morgan fingerprint density at radius 2 is 1.15 bits per heavy atom. The van der Waals surface area contributed by atoms with Crippen LogP contribution in [-0.4, -0.2) is 5.78 Å². The third kappa shape index (κ3) is 3.81. The number of carbonyl (C=O) groups excluding carboxylic acids is 1. The highest BCUT2D eigenvalue weighted by molar-refractivity contribution is 9.10. The number of rotatable bonds is 4. The lowest BCUT2D eigenvalue weighted by molar-refractivity contribution is 0.0974. The van der Waals surface area contributed by atoms with E-state index in [0.29, 0.717) is 0 Å². The topological polar surface area (TPSA) is 17.1 Å². The van der Waals surface area contributed by atoms with Crippen LogP contribution in [0.15, 0.2) is 65.1 Å². The van der Waals surface area contributed by atoms with Crippen LogP contribution in [0.5, 0.6) is 0 Å². The smallest absolute Gasteiger partial charge is 0.174 e. The average molecular weight is 407 g/mol. The summed E-state index contributed by atoms with van der Waals surface area (Å²) in [5.74, 6) is -0.168. The van der Waals surface area contributed by atoms with Crippen molar-refractivity contribution in [2.45, 2.75) is 33.6 Å². The van der Waals surface area contributed by atoms with Gasteiger partial charge in [-0.1, -0.05) is 64.5 Å².